The van der Waals surface area contributed by atoms with Crippen LogP contribution in [0.2, 0.25) is 5.02 Å². The van der Waals surface area contributed by atoms with Crippen molar-refractivity contribution < 1.29 is 9.53 Å². The molecular weight excluding hydrogens is 230 g/mol. The Kier molecular flexibility index (Phi) is 4.60. The van der Waals surface area contributed by atoms with Crippen LogP contribution in [0.5, 0.6) is 5.75 Å². The quantitative estimate of drug-likeness (QED) is 0.623. The van der Waals surface area contributed by atoms with Crippen molar-refractivity contribution in [2.75, 3.05) is 6.61 Å². The summed E-state index contributed by atoms with van der Waals surface area (Å²) in [6.45, 7) is 1.98. The van der Waals surface area contributed by atoms with Crippen molar-refractivity contribution in [2.24, 2.45) is 10.8 Å². The van der Waals surface area contributed by atoms with Gasteiger partial charge in [-0.25, -0.2) is 10.2 Å². The maximum Gasteiger partial charge on any atom is 0.332 e. The molecule has 0 spiro atoms. The fourth-order valence-electron chi connectivity index (χ4n) is 0.901. The van der Waals surface area contributed by atoms with Crippen molar-refractivity contribution in [1.29, 1.82) is 0 Å². The van der Waals surface area contributed by atoms with E-state index in [0.29, 0.717) is 16.5 Å². The van der Waals surface area contributed by atoms with Gasteiger partial charge in [0.25, 0.3) is 0 Å². The number of primary amides is 1. The van der Waals surface area contributed by atoms with Gasteiger partial charge in [-0.05, 0) is 31.2 Å². The molecule has 0 aliphatic heterocycles. The molecule has 0 unspecified atom stereocenters. The first kappa shape index (κ1) is 12.3. The number of rotatable bonds is 4. The van der Waals surface area contributed by atoms with Gasteiger partial charge in [0.2, 0.25) is 0 Å². The number of halogens is 1. The Labute approximate surface area is 98.2 Å². The van der Waals surface area contributed by atoms with Crippen LogP contribution < -0.4 is 15.9 Å². The molecule has 6 heteroatoms. The third kappa shape index (κ3) is 4.65. The van der Waals surface area contributed by atoms with Crippen molar-refractivity contribution in [3.63, 3.8) is 0 Å². The van der Waals surface area contributed by atoms with Gasteiger partial charge >= 0.3 is 6.03 Å². The van der Waals surface area contributed by atoms with Gasteiger partial charge in [0.15, 0.2) is 0 Å². The second-order valence-corrected chi connectivity index (χ2v) is 3.50. The van der Waals surface area contributed by atoms with Crippen LogP contribution >= 0.6 is 11.6 Å². The fraction of sp³-hybridized carbons (Fsp3) is 0.200. The molecule has 0 saturated heterocycles. The molecule has 2 amide bonds. The molecule has 0 heterocycles. The lowest BCUT2D eigenvalue weighted by Crippen LogP contribution is -2.26. The van der Waals surface area contributed by atoms with Crippen LogP contribution in [-0.2, 0) is 0 Å². The van der Waals surface area contributed by atoms with Crippen LogP contribution in [0.4, 0.5) is 4.79 Å². The molecule has 0 saturated carbocycles. The molecular formula is C10H12ClN3O2. The van der Waals surface area contributed by atoms with Crippen LogP contribution in [0.1, 0.15) is 6.92 Å². The van der Waals surface area contributed by atoms with Crippen LogP contribution in [0.15, 0.2) is 29.4 Å². The number of nitrogens with zero attached hydrogens (tertiary/aromatic N) is 1. The van der Waals surface area contributed by atoms with Crippen molar-refractivity contribution in [3.8, 4) is 5.75 Å². The van der Waals surface area contributed by atoms with E-state index in [9.17, 15) is 4.79 Å². The minimum Gasteiger partial charge on any atom is -0.488 e. The van der Waals surface area contributed by atoms with E-state index >= 15 is 0 Å². The van der Waals surface area contributed by atoms with Crippen LogP contribution in [0.3, 0.4) is 0 Å². The zero-order valence-electron chi connectivity index (χ0n) is 8.74. The Morgan fingerprint density at radius 2 is 2.12 bits per heavy atom. The third-order valence-electron chi connectivity index (χ3n) is 1.62. The average Bonchev–Trinajstić information content (AvgIpc) is 2.25. The van der Waals surface area contributed by atoms with E-state index in [1.807, 2.05) is 0 Å². The molecule has 1 rings (SSSR count). The predicted octanol–water partition coefficient (Wildman–Crippen LogP) is 1.76. The molecule has 0 radical (unpaired) electrons. The minimum atomic E-state index is -0.703. The Morgan fingerprint density at radius 1 is 1.50 bits per heavy atom. The molecule has 16 heavy (non-hydrogen) atoms. The SMILES string of the molecule is C/C(COc1ccc(Cl)cc1)=N\NC(N)=O. The topological polar surface area (TPSA) is 76.7 Å². The third-order valence-corrected chi connectivity index (χ3v) is 1.87. The number of carbonyl (C=O) groups excluding carboxylic acids is 1. The van der Waals surface area contributed by atoms with E-state index < -0.39 is 6.03 Å². The Hall–Kier alpha value is -1.75. The van der Waals surface area contributed by atoms with Gasteiger partial charge in [-0.15, -0.1) is 0 Å². The number of nitrogens with two attached hydrogens (primary N) is 1. The minimum absolute atomic E-state index is 0.266. The standard InChI is InChI=1S/C10H12ClN3O2/c1-7(13-14-10(12)15)6-16-9-4-2-8(11)3-5-9/h2-5H,6H2,1H3,(H3,12,14,15)/b13-7+. The van der Waals surface area contributed by atoms with Gasteiger partial charge in [0.05, 0.1) is 5.71 Å². The summed E-state index contributed by atoms with van der Waals surface area (Å²) in [4.78, 5) is 10.4. The molecule has 0 atom stereocenters. The second-order valence-electron chi connectivity index (χ2n) is 3.07. The fourth-order valence-corrected chi connectivity index (χ4v) is 1.03. The molecule has 5 nitrogen and oxygen atoms in total. The van der Waals surface area contributed by atoms with Gasteiger partial charge in [0, 0.05) is 5.02 Å². The summed E-state index contributed by atoms with van der Waals surface area (Å²) < 4.78 is 5.37. The molecule has 0 bridgehead atoms. The van der Waals surface area contributed by atoms with E-state index in [2.05, 4.69) is 10.5 Å². The number of carbonyl (C=O) groups is 1. The van der Waals surface area contributed by atoms with Crippen molar-refractivity contribution in [1.82, 2.24) is 5.43 Å². The predicted molar refractivity (Wildman–Crippen MR) is 62.8 cm³/mol. The van der Waals surface area contributed by atoms with E-state index in [-0.39, 0.29) is 6.61 Å². The summed E-state index contributed by atoms with van der Waals surface area (Å²) in [5.41, 5.74) is 7.57. The first-order valence-corrected chi connectivity index (χ1v) is 4.92. The lowest BCUT2D eigenvalue weighted by Gasteiger charge is -2.05. The lowest BCUT2D eigenvalue weighted by molar-refractivity contribution is 0.249. The summed E-state index contributed by atoms with van der Waals surface area (Å²) in [7, 11) is 0. The smallest absolute Gasteiger partial charge is 0.332 e. The van der Waals surface area contributed by atoms with Crippen molar-refractivity contribution in [3.05, 3.63) is 29.3 Å². The zero-order valence-corrected chi connectivity index (χ0v) is 9.49. The maximum absolute atomic E-state index is 10.4. The molecule has 86 valence electrons. The second kappa shape index (κ2) is 5.97. The van der Waals surface area contributed by atoms with Crippen molar-refractivity contribution >= 4 is 23.3 Å². The number of hydrogen-bond donors (Lipinski definition) is 2. The molecule has 3 N–H and O–H groups in total. The number of urea groups is 1. The highest BCUT2D eigenvalue weighted by Gasteiger charge is 1.96. The number of amides is 2. The normalized spacial score (nSPS) is 11.0. The number of ether oxygens (including phenoxy) is 1. The van der Waals surface area contributed by atoms with Gasteiger partial charge in [-0.3, -0.25) is 0 Å². The highest BCUT2D eigenvalue weighted by Crippen LogP contribution is 2.15. The van der Waals surface area contributed by atoms with Crippen molar-refractivity contribution in [2.45, 2.75) is 6.92 Å². The van der Waals surface area contributed by atoms with Gasteiger partial charge in [-0.2, -0.15) is 5.10 Å². The highest BCUT2D eigenvalue weighted by atomic mass is 35.5. The number of hydrogen-bond acceptors (Lipinski definition) is 3. The molecule has 0 aliphatic rings. The highest BCUT2D eigenvalue weighted by molar-refractivity contribution is 6.30. The average molecular weight is 242 g/mol. The summed E-state index contributed by atoms with van der Waals surface area (Å²) in [5.74, 6) is 0.679. The molecule has 0 fully saturated rings. The molecule has 1 aromatic rings. The van der Waals surface area contributed by atoms with Gasteiger partial charge in [0.1, 0.15) is 12.4 Å². The van der Waals surface area contributed by atoms with Gasteiger partial charge < -0.3 is 10.5 Å². The van der Waals surface area contributed by atoms with Crippen LogP contribution in [0, 0.1) is 0 Å². The summed E-state index contributed by atoms with van der Waals surface area (Å²) in [5, 5.41) is 4.34. The number of hydrazone groups is 1. The molecule has 0 aromatic heterocycles. The van der Waals surface area contributed by atoms with Gasteiger partial charge in [-0.1, -0.05) is 11.6 Å². The number of benzene rings is 1. The summed E-state index contributed by atoms with van der Waals surface area (Å²) >= 11 is 5.72. The molecule has 1 aromatic carbocycles. The van der Waals surface area contributed by atoms with E-state index in [1.54, 1.807) is 31.2 Å². The Morgan fingerprint density at radius 3 is 2.69 bits per heavy atom. The van der Waals surface area contributed by atoms with E-state index in [4.69, 9.17) is 22.1 Å². The Bertz CT molecular complexity index is 390. The number of nitrogens with one attached hydrogen (secondary N) is 1. The first-order valence-electron chi connectivity index (χ1n) is 4.55. The first-order chi connectivity index (χ1) is 7.58. The summed E-state index contributed by atoms with van der Waals surface area (Å²) in [6, 6.07) is 6.25. The zero-order chi connectivity index (χ0) is 12.0. The lowest BCUT2D eigenvalue weighted by atomic mass is 10.3. The van der Waals surface area contributed by atoms with E-state index in [0.717, 1.165) is 0 Å². The molecule has 0 aliphatic carbocycles. The van der Waals surface area contributed by atoms with Crippen LogP contribution in [-0.4, -0.2) is 18.3 Å². The Balaban J connectivity index is 2.42. The van der Waals surface area contributed by atoms with E-state index in [1.165, 1.54) is 0 Å². The van der Waals surface area contributed by atoms with Crippen LogP contribution in [0.25, 0.3) is 0 Å². The largest absolute Gasteiger partial charge is 0.488 e. The summed E-state index contributed by atoms with van der Waals surface area (Å²) in [6.07, 6.45) is 0. The monoisotopic (exact) mass is 241 g/mol. The maximum atomic E-state index is 10.4.